The first-order chi connectivity index (χ1) is 8.33. The van der Waals surface area contributed by atoms with Gasteiger partial charge in [-0.15, -0.1) is 6.58 Å². The molecule has 17 heavy (non-hydrogen) atoms. The van der Waals surface area contributed by atoms with Gasteiger partial charge in [0, 0.05) is 0 Å². The summed E-state index contributed by atoms with van der Waals surface area (Å²) in [6.45, 7) is 6.03. The SMILES string of the molecule is C=CCC/C=C/C(C)CCCc1ccccc1. The lowest BCUT2D eigenvalue weighted by Crippen LogP contribution is -1.92. The molecule has 0 spiro atoms. The van der Waals surface area contributed by atoms with E-state index in [-0.39, 0.29) is 0 Å². The molecule has 0 radical (unpaired) electrons. The van der Waals surface area contributed by atoms with Gasteiger partial charge < -0.3 is 0 Å². The summed E-state index contributed by atoms with van der Waals surface area (Å²) in [5, 5.41) is 0. The lowest BCUT2D eigenvalue weighted by Gasteiger charge is -2.06. The first-order valence-corrected chi connectivity index (χ1v) is 6.64. The van der Waals surface area contributed by atoms with E-state index >= 15 is 0 Å². The molecule has 92 valence electrons. The summed E-state index contributed by atoms with van der Waals surface area (Å²) in [4.78, 5) is 0. The number of aryl methyl sites for hydroxylation is 1. The summed E-state index contributed by atoms with van der Waals surface area (Å²) < 4.78 is 0. The predicted molar refractivity (Wildman–Crippen MR) is 77.1 cm³/mol. The van der Waals surface area contributed by atoms with E-state index in [2.05, 4.69) is 56.0 Å². The normalized spacial score (nSPS) is 12.8. The van der Waals surface area contributed by atoms with Crippen molar-refractivity contribution in [2.45, 2.75) is 39.0 Å². The van der Waals surface area contributed by atoms with Gasteiger partial charge in [-0.2, -0.15) is 0 Å². The number of benzene rings is 1. The molecule has 0 heteroatoms. The van der Waals surface area contributed by atoms with Crippen LogP contribution in [0.2, 0.25) is 0 Å². The number of hydrogen-bond donors (Lipinski definition) is 0. The summed E-state index contributed by atoms with van der Waals surface area (Å²) in [5.74, 6) is 0.698. The Morgan fingerprint density at radius 2 is 1.94 bits per heavy atom. The highest BCUT2D eigenvalue weighted by atomic mass is 14.0. The third-order valence-electron chi connectivity index (χ3n) is 2.97. The fraction of sp³-hybridized carbons (Fsp3) is 0.412. The van der Waals surface area contributed by atoms with E-state index in [0.29, 0.717) is 5.92 Å². The quantitative estimate of drug-likeness (QED) is 0.425. The third kappa shape index (κ3) is 6.78. The standard InChI is InChI=1S/C17H24/c1-3-4-5-7-11-16(2)12-10-15-17-13-8-6-9-14-17/h3,6-9,11,13-14,16H,1,4-5,10,12,15H2,2H3/b11-7+. The summed E-state index contributed by atoms with van der Waals surface area (Å²) in [5.41, 5.74) is 1.45. The summed E-state index contributed by atoms with van der Waals surface area (Å²) in [6, 6.07) is 10.7. The van der Waals surface area contributed by atoms with E-state index in [1.54, 1.807) is 0 Å². The van der Waals surface area contributed by atoms with Crippen molar-refractivity contribution in [2.75, 3.05) is 0 Å². The molecule has 1 atom stereocenters. The van der Waals surface area contributed by atoms with Gasteiger partial charge in [0.25, 0.3) is 0 Å². The van der Waals surface area contributed by atoms with Gasteiger partial charge >= 0.3 is 0 Å². The van der Waals surface area contributed by atoms with Crippen LogP contribution in [-0.2, 0) is 6.42 Å². The van der Waals surface area contributed by atoms with Crippen LogP contribution in [0.15, 0.2) is 55.1 Å². The molecular formula is C17H24. The molecule has 0 bridgehead atoms. The van der Waals surface area contributed by atoms with Gasteiger partial charge in [0.05, 0.1) is 0 Å². The van der Waals surface area contributed by atoms with Gasteiger partial charge in [-0.1, -0.05) is 55.5 Å². The molecular weight excluding hydrogens is 204 g/mol. The maximum Gasteiger partial charge on any atom is -0.0262 e. The Morgan fingerprint density at radius 3 is 2.65 bits per heavy atom. The number of allylic oxidation sites excluding steroid dienone is 3. The van der Waals surface area contributed by atoms with Crippen LogP contribution < -0.4 is 0 Å². The summed E-state index contributed by atoms with van der Waals surface area (Å²) in [6.07, 6.45) is 12.6. The van der Waals surface area contributed by atoms with E-state index in [9.17, 15) is 0 Å². The maximum absolute atomic E-state index is 3.73. The Kier molecular flexibility index (Phi) is 7.13. The average Bonchev–Trinajstić information content (AvgIpc) is 2.36. The highest BCUT2D eigenvalue weighted by molar-refractivity contribution is 5.14. The monoisotopic (exact) mass is 228 g/mol. The van der Waals surface area contributed by atoms with Crippen molar-refractivity contribution in [1.29, 1.82) is 0 Å². The molecule has 0 nitrogen and oxygen atoms in total. The van der Waals surface area contributed by atoms with Crippen LogP contribution in [0.5, 0.6) is 0 Å². The van der Waals surface area contributed by atoms with E-state index in [1.807, 2.05) is 6.08 Å². The Bertz CT molecular complexity index is 321. The van der Waals surface area contributed by atoms with Gasteiger partial charge in [0.1, 0.15) is 0 Å². The molecule has 1 aromatic rings. The van der Waals surface area contributed by atoms with Crippen LogP contribution in [0.25, 0.3) is 0 Å². The Balaban J connectivity index is 2.13. The van der Waals surface area contributed by atoms with Gasteiger partial charge in [-0.05, 0) is 43.6 Å². The van der Waals surface area contributed by atoms with Gasteiger partial charge in [0.15, 0.2) is 0 Å². The third-order valence-corrected chi connectivity index (χ3v) is 2.97. The average molecular weight is 228 g/mol. The van der Waals surface area contributed by atoms with E-state index in [0.717, 1.165) is 12.8 Å². The Morgan fingerprint density at radius 1 is 1.18 bits per heavy atom. The minimum absolute atomic E-state index is 0.698. The zero-order valence-corrected chi connectivity index (χ0v) is 10.9. The molecule has 0 aliphatic rings. The second-order valence-electron chi connectivity index (χ2n) is 4.65. The molecule has 0 aliphatic carbocycles. The van der Waals surface area contributed by atoms with Crippen LogP contribution in [0.3, 0.4) is 0 Å². The highest BCUT2D eigenvalue weighted by Crippen LogP contribution is 2.12. The molecule has 0 fully saturated rings. The molecule has 0 aliphatic heterocycles. The predicted octanol–water partition coefficient (Wildman–Crippen LogP) is 5.17. The van der Waals surface area contributed by atoms with Crippen LogP contribution in [0.1, 0.15) is 38.2 Å². The molecule has 0 amide bonds. The molecule has 0 saturated carbocycles. The van der Waals surface area contributed by atoms with Crippen molar-refractivity contribution < 1.29 is 0 Å². The van der Waals surface area contributed by atoms with Gasteiger partial charge in [0.2, 0.25) is 0 Å². The number of hydrogen-bond acceptors (Lipinski definition) is 0. The van der Waals surface area contributed by atoms with Crippen LogP contribution in [-0.4, -0.2) is 0 Å². The van der Waals surface area contributed by atoms with Crippen molar-refractivity contribution in [3.8, 4) is 0 Å². The molecule has 1 unspecified atom stereocenters. The molecule has 1 rings (SSSR count). The zero-order chi connectivity index (χ0) is 12.3. The second-order valence-corrected chi connectivity index (χ2v) is 4.65. The molecule has 0 saturated heterocycles. The molecule has 0 N–H and O–H groups in total. The first kappa shape index (κ1) is 13.8. The Labute approximate surface area is 106 Å². The van der Waals surface area contributed by atoms with Crippen LogP contribution in [0, 0.1) is 5.92 Å². The second kappa shape index (κ2) is 8.81. The summed E-state index contributed by atoms with van der Waals surface area (Å²) >= 11 is 0. The highest BCUT2D eigenvalue weighted by Gasteiger charge is 1.97. The van der Waals surface area contributed by atoms with E-state index in [4.69, 9.17) is 0 Å². The van der Waals surface area contributed by atoms with Gasteiger partial charge in [-0.3, -0.25) is 0 Å². The van der Waals surface area contributed by atoms with Crippen molar-refractivity contribution in [3.63, 3.8) is 0 Å². The van der Waals surface area contributed by atoms with Crippen molar-refractivity contribution in [2.24, 2.45) is 5.92 Å². The molecule has 1 aromatic carbocycles. The van der Waals surface area contributed by atoms with Crippen molar-refractivity contribution >= 4 is 0 Å². The van der Waals surface area contributed by atoms with Crippen LogP contribution in [0.4, 0.5) is 0 Å². The smallest absolute Gasteiger partial charge is 0.0262 e. The molecule has 0 heterocycles. The Hall–Kier alpha value is -1.30. The zero-order valence-electron chi connectivity index (χ0n) is 10.9. The largest absolute Gasteiger partial charge is 0.103 e. The lowest BCUT2D eigenvalue weighted by molar-refractivity contribution is 0.604. The lowest BCUT2D eigenvalue weighted by atomic mass is 10.0. The fourth-order valence-electron chi connectivity index (χ4n) is 1.91. The van der Waals surface area contributed by atoms with Gasteiger partial charge in [-0.25, -0.2) is 0 Å². The fourth-order valence-corrected chi connectivity index (χ4v) is 1.91. The van der Waals surface area contributed by atoms with Crippen molar-refractivity contribution in [3.05, 3.63) is 60.7 Å². The van der Waals surface area contributed by atoms with E-state index < -0.39 is 0 Å². The topological polar surface area (TPSA) is 0 Å². The minimum Gasteiger partial charge on any atom is -0.103 e. The first-order valence-electron chi connectivity index (χ1n) is 6.64. The maximum atomic E-state index is 3.73. The van der Waals surface area contributed by atoms with E-state index in [1.165, 1.54) is 24.8 Å². The number of rotatable bonds is 8. The molecule has 0 aromatic heterocycles. The number of unbranched alkanes of at least 4 members (excludes halogenated alkanes) is 1. The van der Waals surface area contributed by atoms with Crippen molar-refractivity contribution in [1.82, 2.24) is 0 Å². The van der Waals surface area contributed by atoms with Crippen LogP contribution >= 0.6 is 0 Å². The summed E-state index contributed by atoms with van der Waals surface area (Å²) in [7, 11) is 0. The minimum atomic E-state index is 0.698.